The lowest BCUT2D eigenvalue weighted by Gasteiger charge is -2.15. The van der Waals surface area contributed by atoms with E-state index >= 15 is 0 Å². The molecule has 0 radical (unpaired) electrons. The molecule has 136 valence electrons. The Bertz CT molecular complexity index is 823. The Kier molecular flexibility index (Phi) is 6.53. The van der Waals surface area contributed by atoms with E-state index in [2.05, 4.69) is 21.2 Å². The number of ketones is 1. The van der Waals surface area contributed by atoms with Gasteiger partial charge in [0.25, 0.3) is 5.91 Å². The molecule has 0 bridgehead atoms. The smallest absolute Gasteiger partial charge is 0.292 e. The Morgan fingerprint density at radius 2 is 1.77 bits per heavy atom. The number of hydrazine groups is 1. The third-order valence-corrected chi connectivity index (χ3v) is 4.15. The fraction of sp³-hybridized carbons (Fsp3) is 0.118. The Balaban J connectivity index is 2.22. The van der Waals surface area contributed by atoms with Gasteiger partial charge in [0.15, 0.2) is 5.82 Å². The molecular weight excluding hydrogens is 412 g/mol. The Hall–Kier alpha value is -2.65. The molecule has 2 aromatic rings. The number of nitrogens with two attached hydrogens (primary N) is 1. The van der Waals surface area contributed by atoms with Gasteiger partial charge in [-0.25, -0.2) is 14.6 Å². The van der Waals surface area contributed by atoms with Crippen molar-refractivity contribution >= 4 is 39.2 Å². The number of benzene rings is 2. The Morgan fingerprint density at radius 3 is 2.35 bits per heavy atom. The van der Waals surface area contributed by atoms with Crippen molar-refractivity contribution in [3.8, 4) is 0 Å². The van der Waals surface area contributed by atoms with Crippen molar-refractivity contribution in [3.63, 3.8) is 0 Å². The highest BCUT2D eigenvalue weighted by atomic mass is 79.9. The van der Waals surface area contributed by atoms with E-state index in [1.165, 1.54) is 0 Å². The van der Waals surface area contributed by atoms with Crippen LogP contribution in [0.15, 0.2) is 46.9 Å². The monoisotopic (exact) mass is 425 g/mol. The lowest BCUT2D eigenvalue weighted by molar-refractivity contribution is -0.142. The normalized spacial score (nSPS) is 11.5. The molecule has 1 atom stereocenters. The lowest BCUT2D eigenvalue weighted by Crippen LogP contribution is -2.44. The molecule has 0 heterocycles. The molecule has 26 heavy (non-hydrogen) atoms. The summed E-state index contributed by atoms with van der Waals surface area (Å²) in [5.74, 6) is -1.42. The quantitative estimate of drug-likeness (QED) is 0.217. The summed E-state index contributed by atoms with van der Waals surface area (Å²) in [6.45, 7) is 0. The summed E-state index contributed by atoms with van der Waals surface area (Å²) in [7, 11) is 0. The summed E-state index contributed by atoms with van der Waals surface area (Å²) in [5.41, 5.74) is 2.07. The summed E-state index contributed by atoms with van der Waals surface area (Å²) in [6, 6.07) is 10.0. The number of hydrogen-bond donors (Lipinski definition) is 3. The third kappa shape index (κ3) is 4.70. The van der Waals surface area contributed by atoms with Crippen molar-refractivity contribution in [2.45, 2.75) is 6.42 Å². The zero-order chi connectivity index (χ0) is 19.3. The van der Waals surface area contributed by atoms with Crippen LogP contribution < -0.4 is 16.6 Å². The van der Waals surface area contributed by atoms with Crippen LogP contribution in [0.25, 0.3) is 0 Å². The molecule has 0 aliphatic rings. The van der Waals surface area contributed by atoms with Gasteiger partial charge < -0.3 is 5.32 Å². The SMILES string of the molecule is NNC(=O)[C@H](Cc1ccccc1)C(=O)C(=O)Nc1c(F)cc(F)cc1Br. The van der Waals surface area contributed by atoms with E-state index in [1.807, 2.05) is 5.43 Å². The number of anilines is 1. The van der Waals surface area contributed by atoms with Gasteiger partial charge in [0.1, 0.15) is 11.7 Å². The topological polar surface area (TPSA) is 101 Å². The van der Waals surface area contributed by atoms with Gasteiger partial charge in [-0.1, -0.05) is 30.3 Å². The number of carbonyl (C=O) groups excluding carboxylic acids is 3. The van der Waals surface area contributed by atoms with Crippen molar-refractivity contribution in [2.24, 2.45) is 11.8 Å². The predicted molar refractivity (Wildman–Crippen MR) is 93.7 cm³/mol. The summed E-state index contributed by atoms with van der Waals surface area (Å²) >= 11 is 2.90. The molecule has 2 amide bonds. The molecule has 0 saturated carbocycles. The average Bonchev–Trinajstić information content (AvgIpc) is 2.62. The maximum atomic E-state index is 13.8. The Morgan fingerprint density at radius 1 is 1.12 bits per heavy atom. The standard InChI is InChI=1S/C17H14BrF2N3O3/c18-12-7-10(19)8-13(20)14(12)22-17(26)15(24)11(16(25)23-21)6-9-4-2-1-3-5-9/h1-5,7-8,11H,6,21H2,(H,22,26)(H,23,25)/t11-/m1/s1. The van der Waals surface area contributed by atoms with E-state index in [0.29, 0.717) is 11.6 Å². The van der Waals surface area contributed by atoms with Gasteiger partial charge in [0, 0.05) is 10.5 Å². The van der Waals surface area contributed by atoms with E-state index in [-0.39, 0.29) is 10.9 Å². The van der Waals surface area contributed by atoms with Gasteiger partial charge in [-0.2, -0.15) is 0 Å². The molecule has 6 nitrogen and oxygen atoms in total. The highest BCUT2D eigenvalue weighted by Crippen LogP contribution is 2.27. The number of carbonyl (C=O) groups is 3. The number of nitrogens with one attached hydrogen (secondary N) is 2. The minimum absolute atomic E-state index is 0.0663. The molecule has 0 aliphatic heterocycles. The first-order valence-electron chi connectivity index (χ1n) is 7.37. The second kappa shape index (κ2) is 8.63. The molecule has 9 heteroatoms. The van der Waals surface area contributed by atoms with Gasteiger partial charge in [-0.15, -0.1) is 0 Å². The van der Waals surface area contributed by atoms with Crippen LogP contribution in [0, 0.1) is 17.6 Å². The Labute approximate surface area is 155 Å². The highest BCUT2D eigenvalue weighted by Gasteiger charge is 2.32. The van der Waals surface area contributed by atoms with Gasteiger partial charge in [-0.3, -0.25) is 19.8 Å². The number of rotatable bonds is 6. The van der Waals surface area contributed by atoms with Gasteiger partial charge in [0.05, 0.1) is 5.69 Å². The number of hydrogen-bond acceptors (Lipinski definition) is 4. The van der Waals surface area contributed by atoms with Crippen molar-refractivity contribution in [1.82, 2.24) is 5.43 Å². The zero-order valence-corrected chi connectivity index (χ0v) is 14.8. The molecule has 0 aromatic heterocycles. The lowest BCUT2D eigenvalue weighted by atomic mass is 9.94. The van der Waals surface area contributed by atoms with E-state index in [1.54, 1.807) is 30.3 Å². The van der Waals surface area contributed by atoms with Crippen LogP contribution in [0.1, 0.15) is 5.56 Å². The van der Waals surface area contributed by atoms with Crippen LogP contribution in [0.3, 0.4) is 0 Å². The maximum Gasteiger partial charge on any atom is 0.292 e. The minimum atomic E-state index is -1.40. The van der Waals surface area contributed by atoms with E-state index < -0.39 is 40.8 Å². The van der Waals surface area contributed by atoms with Gasteiger partial charge in [0.2, 0.25) is 11.7 Å². The molecular formula is C17H14BrF2N3O3. The second-order valence-electron chi connectivity index (χ2n) is 5.31. The minimum Gasteiger partial charge on any atom is -0.316 e. The largest absolute Gasteiger partial charge is 0.316 e. The number of Topliss-reactive ketones (excluding diaryl/α,β-unsaturated/α-hetero) is 1. The highest BCUT2D eigenvalue weighted by molar-refractivity contribution is 9.10. The summed E-state index contributed by atoms with van der Waals surface area (Å²) < 4.78 is 26.8. The average molecular weight is 426 g/mol. The molecule has 0 aliphatic carbocycles. The van der Waals surface area contributed by atoms with Crippen LogP contribution in [-0.4, -0.2) is 17.6 Å². The van der Waals surface area contributed by atoms with E-state index in [9.17, 15) is 23.2 Å². The number of amides is 2. The molecule has 0 saturated heterocycles. The molecule has 2 rings (SSSR count). The van der Waals surface area contributed by atoms with Crippen LogP contribution in [0.4, 0.5) is 14.5 Å². The molecule has 4 N–H and O–H groups in total. The summed E-state index contributed by atoms with van der Waals surface area (Å²) in [5, 5.41) is 2.05. The van der Waals surface area contributed by atoms with Gasteiger partial charge >= 0.3 is 0 Å². The predicted octanol–water partition coefficient (Wildman–Crippen LogP) is 2.08. The van der Waals surface area contributed by atoms with E-state index in [0.717, 1.165) is 6.07 Å². The van der Waals surface area contributed by atoms with Crippen molar-refractivity contribution in [1.29, 1.82) is 0 Å². The zero-order valence-electron chi connectivity index (χ0n) is 13.3. The van der Waals surface area contributed by atoms with Crippen molar-refractivity contribution in [2.75, 3.05) is 5.32 Å². The first kappa shape index (κ1) is 19.7. The fourth-order valence-electron chi connectivity index (χ4n) is 2.25. The third-order valence-electron chi connectivity index (χ3n) is 3.53. The summed E-state index contributed by atoms with van der Waals surface area (Å²) in [6.07, 6.45) is -0.0663. The van der Waals surface area contributed by atoms with Crippen LogP contribution in [0.2, 0.25) is 0 Å². The van der Waals surface area contributed by atoms with Crippen molar-refractivity contribution in [3.05, 3.63) is 64.1 Å². The molecule has 0 spiro atoms. The van der Waals surface area contributed by atoms with Crippen LogP contribution >= 0.6 is 15.9 Å². The van der Waals surface area contributed by atoms with Crippen LogP contribution in [0.5, 0.6) is 0 Å². The molecule has 0 fully saturated rings. The second-order valence-corrected chi connectivity index (χ2v) is 6.17. The van der Waals surface area contributed by atoms with E-state index in [4.69, 9.17) is 5.84 Å². The van der Waals surface area contributed by atoms with Gasteiger partial charge in [-0.05, 0) is 34.0 Å². The molecule has 2 aromatic carbocycles. The first-order valence-corrected chi connectivity index (χ1v) is 8.17. The summed E-state index contributed by atoms with van der Waals surface area (Å²) in [4.78, 5) is 36.5. The molecule has 0 unspecified atom stereocenters. The maximum absolute atomic E-state index is 13.8. The van der Waals surface area contributed by atoms with Crippen molar-refractivity contribution < 1.29 is 23.2 Å². The van der Waals surface area contributed by atoms with Crippen LogP contribution in [-0.2, 0) is 20.8 Å². The fourth-order valence-corrected chi connectivity index (χ4v) is 2.76. The first-order chi connectivity index (χ1) is 12.3. The number of halogens is 3.